The van der Waals surface area contributed by atoms with Gasteiger partial charge in [0.15, 0.2) is 0 Å². The van der Waals surface area contributed by atoms with Crippen LogP contribution < -0.4 is 9.47 Å². The number of aromatic nitrogens is 1. The maximum Gasteiger partial charge on any atom is 0.265 e. The zero-order valence-corrected chi connectivity index (χ0v) is 22.3. The minimum atomic E-state index is -1.34. The third kappa shape index (κ3) is 4.56. The van der Waals surface area contributed by atoms with Crippen LogP contribution in [0.1, 0.15) is 22.9 Å². The van der Waals surface area contributed by atoms with Gasteiger partial charge in [0.05, 0.1) is 13.2 Å². The van der Waals surface area contributed by atoms with Crippen molar-refractivity contribution in [3.63, 3.8) is 0 Å². The zero-order chi connectivity index (χ0) is 25.4. The van der Waals surface area contributed by atoms with Crippen LogP contribution in [0.2, 0.25) is 0 Å². The van der Waals surface area contributed by atoms with E-state index in [1.54, 1.807) is 26.4 Å². The summed E-state index contributed by atoms with van der Waals surface area (Å²) in [6.45, 7) is 0.682. The highest BCUT2D eigenvalue weighted by Gasteiger charge is 2.34. The summed E-state index contributed by atoms with van der Waals surface area (Å²) in [6, 6.07) is 20.3. The molecule has 1 atom stereocenters. The van der Waals surface area contributed by atoms with E-state index in [1.165, 1.54) is 28.0 Å². The molecule has 1 N–H and O–H groups in total. The molecule has 0 bridgehead atoms. The van der Waals surface area contributed by atoms with E-state index in [4.69, 9.17) is 25.9 Å². The number of hydrogen-bond acceptors (Lipinski definition) is 4. The van der Waals surface area contributed by atoms with Gasteiger partial charge in [-0.15, -0.1) is 10.3 Å². The number of aromatic amines is 1. The molecular formula is C28H29FN2O3S2. The second-order valence-electron chi connectivity index (χ2n) is 9.07. The highest BCUT2D eigenvalue weighted by Crippen LogP contribution is 2.51. The Morgan fingerprint density at radius 1 is 1.00 bits per heavy atom. The standard InChI is InChI=1S/C28H29FN2O3S2/c1-32-20-9-5-18(6-10-20)27-26-23(24-17-22(36(3,4)33-2)13-14-25(24)30-26)15-16-31(27)28(35)34-21-11-7-19(29)8-12-21/h5-14,17,27,30H,15-16H2,1-4H3. The highest BCUT2D eigenvalue weighted by molar-refractivity contribution is 8.28. The summed E-state index contributed by atoms with van der Waals surface area (Å²) in [6.07, 6.45) is 5.11. The van der Waals surface area contributed by atoms with Gasteiger partial charge in [0, 0.05) is 35.1 Å². The number of hydrogen-bond donors (Lipinski definition) is 1. The van der Waals surface area contributed by atoms with E-state index in [2.05, 4.69) is 52.7 Å². The van der Waals surface area contributed by atoms with Gasteiger partial charge in [0.1, 0.15) is 17.3 Å². The minimum absolute atomic E-state index is 0.175. The van der Waals surface area contributed by atoms with Crippen molar-refractivity contribution in [3.8, 4) is 11.5 Å². The first-order chi connectivity index (χ1) is 17.3. The maximum absolute atomic E-state index is 13.4. The summed E-state index contributed by atoms with van der Waals surface area (Å²) >= 11 is 5.77. The van der Waals surface area contributed by atoms with Crippen LogP contribution in [-0.2, 0) is 10.6 Å². The Labute approximate surface area is 217 Å². The molecule has 4 aromatic rings. The van der Waals surface area contributed by atoms with Crippen LogP contribution >= 0.6 is 22.5 Å². The number of benzene rings is 3. The fourth-order valence-corrected chi connectivity index (χ4v) is 5.94. The van der Waals surface area contributed by atoms with Gasteiger partial charge in [-0.1, -0.05) is 12.1 Å². The fourth-order valence-electron chi connectivity index (χ4n) is 4.66. The first-order valence-corrected chi connectivity index (χ1v) is 14.4. The Bertz CT molecular complexity index is 1400. The van der Waals surface area contributed by atoms with Crippen molar-refractivity contribution < 1.29 is 18.0 Å². The molecule has 0 saturated carbocycles. The van der Waals surface area contributed by atoms with E-state index in [-0.39, 0.29) is 11.9 Å². The number of nitrogens with zero attached hydrogens (tertiary/aromatic N) is 1. The molecule has 0 aliphatic carbocycles. The summed E-state index contributed by atoms with van der Waals surface area (Å²) < 4.78 is 30.6. The van der Waals surface area contributed by atoms with Gasteiger partial charge in [0.2, 0.25) is 0 Å². The van der Waals surface area contributed by atoms with Crippen LogP contribution in [0.4, 0.5) is 4.39 Å². The van der Waals surface area contributed by atoms with E-state index < -0.39 is 10.3 Å². The quantitative estimate of drug-likeness (QED) is 0.298. The summed E-state index contributed by atoms with van der Waals surface area (Å²) in [5.74, 6) is 0.979. The molecule has 0 saturated heterocycles. The lowest BCUT2D eigenvalue weighted by Crippen LogP contribution is -2.42. The highest BCUT2D eigenvalue weighted by atomic mass is 32.3. The molecule has 8 heteroatoms. The third-order valence-electron chi connectivity index (χ3n) is 6.77. The Morgan fingerprint density at radius 2 is 1.69 bits per heavy atom. The van der Waals surface area contributed by atoms with E-state index in [9.17, 15) is 4.39 Å². The topological polar surface area (TPSA) is 46.7 Å². The van der Waals surface area contributed by atoms with Gasteiger partial charge in [-0.2, -0.15) is 0 Å². The monoisotopic (exact) mass is 524 g/mol. The molecule has 1 aromatic heterocycles. The van der Waals surface area contributed by atoms with Crippen LogP contribution in [0.25, 0.3) is 10.9 Å². The summed E-state index contributed by atoms with van der Waals surface area (Å²) in [7, 11) is 2.09. The number of thiocarbonyl (C=S) groups is 1. The molecule has 3 aromatic carbocycles. The molecule has 1 aliphatic rings. The third-order valence-corrected chi connectivity index (χ3v) is 9.31. The molecule has 1 aliphatic heterocycles. The van der Waals surface area contributed by atoms with Gasteiger partial charge >= 0.3 is 0 Å². The van der Waals surface area contributed by atoms with Crippen molar-refractivity contribution in [1.29, 1.82) is 0 Å². The van der Waals surface area contributed by atoms with Crippen LogP contribution in [0.3, 0.4) is 0 Å². The number of methoxy groups -OCH3 is 1. The molecule has 1 unspecified atom stereocenters. The van der Waals surface area contributed by atoms with Gasteiger partial charge in [-0.05, 0) is 96.9 Å². The molecule has 0 amide bonds. The summed E-state index contributed by atoms with van der Waals surface area (Å²) in [5.41, 5.74) is 4.52. The Hall–Kier alpha value is -3.07. The molecular weight excluding hydrogens is 495 g/mol. The molecule has 0 fully saturated rings. The van der Waals surface area contributed by atoms with Crippen molar-refractivity contribution in [2.24, 2.45) is 0 Å². The molecule has 188 valence electrons. The molecule has 5 rings (SSSR count). The molecule has 36 heavy (non-hydrogen) atoms. The predicted molar refractivity (Wildman–Crippen MR) is 148 cm³/mol. The van der Waals surface area contributed by atoms with E-state index >= 15 is 0 Å². The van der Waals surface area contributed by atoms with Crippen molar-refractivity contribution >= 4 is 38.6 Å². The average Bonchev–Trinajstić information content (AvgIpc) is 3.27. The number of rotatable bonds is 5. The number of ether oxygens (including phenoxy) is 2. The van der Waals surface area contributed by atoms with E-state index in [0.717, 1.165) is 28.9 Å². The second kappa shape index (κ2) is 9.76. The lowest BCUT2D eigenvalue weighted by atomic mass is 9.93. The first-order valence-electron chi connectivity index (χ1n) is 11.6. The predicted octanol–water partition coefficient (Wildman–Crippen LogP) is 6.61. The maximum atomic E-state index is 13.4. The number of nitrogens with one attached hydrogen (secondary N) is 1. The van der Waals surface area contributed by atoms with Gasteiger partial charge < -0.3 is 23.5 Å². The minimum Gasteiger partial charge on any atom is -0.497 e. The van der Waals surface area contributed by atoms with Gasteiger partial charge in [-0.3, -0.25) is 0 Å². The van der Waals surface area contributed by atoms with Crippen molar-refractivity contribution in [3.05, 3.63) is 89.4 Å². The second-order valence-corrected chi connectivity index (χ2v) is 12.7. The fraction of sp³-hybridized carbons (Fsp3) is 0.250. The van der Waals surface area contributed by atoms with Crippen LogP contribution in [0.5, 0.6) is 11.5 Å². The van der Waals surface area contributed by atoms with E-state index in [1.807, 2.05) is 12.1 Å². The molecule has 2 heterocycles. The van der Waals surface area contributed by atoms with Crippen LogP contribution in [0.15, 0.2) is 71.6 Å². The van der Waals surface area contributed by atoms with E-state index in [0.29, 0.717) is 17.5 Å². The number of H-pyrrole nitrogens is 1. The van der Waals surface area contributed by atoms with Crippen LogP contribution in [-0.4, -0.2) is 48.3 Å². The van der Waals surface area contributed by atoms with Gasteiger partial charge in [-0.25, -0.2) is 4.39 Å². The van der Waals surface area contributed by atoms with Crippen molar-refractivity contribution in [2.45, 2.75) is 17.4 Å². The molecule has 5 nitrogen and oxygen atoms in total. The lowest BCUT2D eigenvalue weighted by Gasteiger charge is -2.37. The number of halogens is 1. The first kappa shape index (κ1) is 24.6. The Morgan fingerprint density at radius 3 is 2.36 bits per heavy atom. The molecule has 0 spiro atoms. The average molecular weight is 525 g/mol. The normalized spacial score (nSPS) is 16.0. The van der Waals surface area contributed by atoms with Crippen molar-refractivity contribution in [2.75, 3.05) is 33.3 Å². The Kier molecular flexibility index (Phi) is 6.68. The Balaban J connectivity index is 1.58. The summed E-state index contributed by atoms with van der Waals surface area (Å²) in [5, 5.41) is 1.56. The van der Waals surface area contributed by atoms with Crippen molar-refractivity contribution in [1.82, 2.24) is 9.88 Å². The van der Waals surface area contributed by atoms with Crippen LogP contribution in [0, 0.1) is 5.82 Å². The smallest absolute Gasteiger partial charge is 0.265 e. The lowest BCUT2D eigenvalue weighted by molar-refractivity contribution is 0.289. The van der Waals surface area contributed by atoms with Gasteiger partial charge in [0.25, 0.3) is 5.17 Å². The SMILES string of the molecule is COc1ccc(C2c3[nH]c4ccc(S(C)(C)OC)cc4c3CCN2C(=S)Oc2ccc(F)cc2)cc1. The summed E-state index contributed by atoms with van der Waals surface area (Å²) in [4.78, 5) is 6.97. The number of fused-ring (bicyclic) bond motifs is 3. The zero-order valence-electron chi connectivity index (χ0n) is 20.7. The largest absolute Gasteiger partial charge is 0.497 e. The molecule has 0 radical (unpaired) electrons.